The summed E-state index contributed by atoms with van der Waals surface area (Å²) >= 11 is 1.59. The van der Waals surface area contributed by atoms with E-state index < -0.39 is 0 Å². The van der Waals surface area contributed by atoms with Crippen molar-refractivity contribution in [3.05, 3.63) is 12.7 Å². The molecule has 1 nitrogen and oxygen atoms in total. The summed E-state index contributed by atoms with van der Waals surface area (Å²) in [5, 5.41) is 0. The minimum Gasteiger partial charge on any atom is -0.412 e. The van der Waals surface area contributed by atoms with Gasteiger partial charge in [0.1, 0.15) is 0 Å². The zero-order chi connectivity index (χ0) is 3.41. The molecule has 5 heavy (non-hydrogen) atoms. The van der Waals surface area contributed by atoms with Gasteiger partial charge in [0, 0.05) is 0 Å². The monoisotopic (exact) mass is 268 g/mol. The molecule has 0 spiro atoms. The maximum atomic E-state index is 3.50. The molecule has 0 heterocycles. The number of hydrogen-bond donors (Lipinski definition) is 0. The fourth-order valence-corrected chi connectivity index (χ4v) is 0. The molecule has 0 bridgehead atoms. The van der Waals surface area contributed by atoms with Gasteiger partial charge < -0.3 is 5.48 Å². The van der Waals surface area contributed by atoms with E-state index in [2.05, 4.69) is 6.58 Å². The largest absolute Gasteiger partial charge is 0.412 e. The molecule has 31 valence electrons. The van der Waals surface area contributed by atoms with Crippen molar-refractivity contribution < 1.29 is 5.48 Å². The van der Waals surface area contributed by atoms with Crippen LogP contribution >= 0.6 is 0 Å². The quantitative estimate of drug-likeness (QED) is 0.596. The first-order valence-corrected chi connectivity index (χ1v) is 3.35. The van der Waals surface area contributed by atoms with Gasteiger partial charge in [0.2, 0.25) is 0 Å². The Bertz CT molecular complexity index is 20.9. The Hall–Kier alpha value is 0.596. The van der Waals surface area contributed by atoms with Crippen LogP contribution in [0.4, 0.5) is 0 Å². The SMILES string of the molecule is C=C[CH2][Po].O. The average Bonchev–Trinajstić information content (AvgIpc) is 1.37. The molecule has 0 aliphatic carbocycles. The van der Waals surface area contributed by atoms with Crippen LogP contribution in [0.3, 0.4) is 0 Å². The average molecular weight is 268 g/mol. The molecule has 0 atom stereocenters. The van der Waals surface area contributed by atoms with E-state index in [1.165, 1.54) is 4.08 Å². The third-order valence-electron chi connectivity index (χ3n) is 0.118. The van der Waals surface area contributed by atoms with Crippen LogP contribution < -0.4 is 0 Å². The van der Waals surface area contributed by atoms with Crippen molar-refractivity contribution in [3.63, 3.8) is 0 Å². The summed E-state index contributed by atoms with van der Waals surface area (Å²) in [5.74, 6) is 0. The summed E-state index contributed by atoms with van der Waals surface area (Å²) in [4.78, 5) is 0. The van der Waals surface area contributed by atoms with E-state index in [9.17, 15) is 0 Å². The van der Waals surface area contributed by atoms with E-state index in [4.69, 9.17) is 0 Å². The predicted molar refractivity (Wildman–Crippen MR) is 24.4 cm³/mol. The molecule has 0 aromatic heterocycles. The van der Waals surface area contributed by atoms with E-state index in [0.717, 1.165) is 0 Å². The Morgan fingerprint density at radius 3 is 2.00 bits per heavy atom. The first kappa shape index (κ1) is 9.14. The molecule has 0 saturated heterocycles. The van der Waals surface area contributed by atoms with Gasteiger partial charge in [0.05, 0.1) is 0 Å². The second kappa shape index (κ2) is 8.82. The topological polar surface area (TPSA) is 31.5 Å². The molecule has 0 saturated carbocycles. The second-order valence-corrected chi connectivity index (χ2v) is 1.75. The van der Waals surface area contributed by atoms with Crippen LogP contribution in [0.5, 0.6) is 0 Å². The van der Waals surface area contributed by atoms with Crippen LogP contribution in [0, 0.1) is 0 Å². The fourth-order valence-electron chi connectivity index (χ4n) is 0. The van der Waals surface area contributed by atoms with Gasteiger partial charge in [0.15, 0.2) is 0 Å². The summed E-state index contributed by atoms with van der Waals surface area (Å²) < 4.78 is 1.17. The third kappa shape index (κ3) is 12.2. The van der Waals surface area contributed by atoms with Gasteiger partial charge >= 0.3 is 41.8 Å². The van der Waals surface area contributed by atoms with E-state index in [0.29, 0.717) is 0 Å². The van der Waals surface area contributed by atoms with Crippen molar-refractivity contribution in [2.24, 2.45) is 0 Å². The molecule has 1 radical (unpaired) electrons. The number of hydrogen-bond acceptors (Lipinski definition) is 0. The van der Waals surface area contributed by atoms with E-state index in [1.807, 2.05) is 6.08 Å². The standard InChI is InChI=1S/C3H5.H2O.Po/c1-3-2;;/h3H,1-2H2;1H2;. The van der Waals surface area contributed by atoms with Crippen LogP contribution in [0.2, 0.25) is 4.08 Å². The maximum Gasteiger partial charge on any atom is -0.412 e. The minimum absolute atomic E-state index is 0. The van der Waals surface area contributed by atoms with E-state index >= 15 is 0 Å². The first-order chi connectivity index (χ1) is 1.91. The van der Waals surface area contributed by atoms with Gasteiger partial charge in [-0.2, -0.15) is 0 Å². The van der Waals surface area contributed by atoms with Gasteiger partial charge in [-0.05, 0) is 0 Å². The van der Waals surface area contributed by atoms with Crippen LogP contribution in [-0.2, 0) is 0 Å². The minimum atomic E-state index is 0. The maximum absolute atomic E-state index is 3.50. The van der Waals surface area contributed by atoms with Gasteiger partial charge in [-0.25, -0.2) is 0 Å². The van der Waals surface area contributed by atoms with Gasteiger partial charge in [0.25, 0.3) is 0 Å². The molecule has 0 aliphatic heterocycles. The molecule has 2 heteroatoms. The number of allylic oxidation sites excluding steroid dienone is 1. The fraction of sp³-hybridized carbons (Fsp3) is 0.333. The molecule has 0 unspecified atom stereocenters. The second-order valence-electron chi connectivity index (χ2n) is 0.455. The summed E-state index contributed by atoms with van der Waals surface area (Å²) in [6, 6.07) is 0. The summed E-state index contributed by atoms with van der Waals surface area (Å²) in [6.45, 7) is 3.50. The molecule has 0 rings (SSSR count). The van der Waals surface area contributed by atoms with Crippen molar-refractivity contribution in [2.75, 3.05) is 0 Å². The van der Waals surface area contributed by atoms with Crippen LogP contribution in [0.15, 0.2) is 12.7 Å². The normalized spacial score (nSPS) is 5.00. The van der Waals surface area contributed by atoms with Gasteiger partial charge in [-0.3, -0.25) is 0 Å². The molecular weight excluding hydrogens is 261 g/mol. The summed E-state index contributed by atoms with van der Waals surface area (Å²) in [6.07, 6.45) is 1.91. The summed E-state index contributed by atoms with van der Waals surface area (Å²) in [5.41, 5.74) is 0. The molecule has 0 aromatic rings. The first-order valence-electron chi connectivity index (χ1n) is 1.11. The molecular formula is C3H7OPo. The number of rotatable bonds is 1. The Kier molecular flexibility index (Phi) is 16.1. The third-order valence-corrected chi connectivity index (χ3v) is 1.03. The zero-order valence-corrected chi connectivity index (χ0v) is 6.07. The van der Waals surface area contributed by atoms with E-state index in [-0.39, 0.29) is 5.48 Å². The molecule has 0 fully saturated rings. The Morgan fingerprint density at radius 1 is 1.80 bits per heavy atom. The van der Waals surface area contributed by atoms with E-state index in [1.54, 1.807) is 25.1 Å². The van der Waals surface area contributed by atoms with Crippen molar-refractivity contribution in [2.45, 2.75) is 4.08 Å². The van der Waals surface area contributed by atoms with Crippen molar-refractivity contribution >= 4 is 25.1 Å². The molecule has 0 amide bonds. The predicted octanol–water partition coefficient (Wildman–Crippen LogP) is -0.0655. The zero-order valence-electron chi connectivity index (χ0n) is 2.90. The van der Waals surface area contributed by atoms with Gasteiger partial charge in [-0.1, -0.05) is 0 Å². The van der Waals surface area contributed by atoms with Crippen LogP contribution in [0.25, 0.3) is 0 Å². The molecule has 2 N–H and O–H groups in total. The van der Waals surface area contributed by atoms with Crippen molar-refractivity contribution in [3.8, 4) is 0 Å². The summed E-state index contributed by atoms with van der Waals surface area (Å²) in [7, 11) is 0. The van der Waals surface area contributed by atoms with Crippen molar-refractivity contribution in [1.29, 1.82) is 0 Å². The molecule has 0 aliphatic rings. The van der Waals surface area contributed by atoms with Gasteiger partial charge in [-0.15, -0.1) is 0 Å². The molecule has 0 aromatic carbocycles. The smallest absolute Gasteiger partial charge is 0.412 e. The van der Waals surface area contributed by atoms with Crippen LogP contribution in [0.1, 0.15) is 0 Å². The Balaban J connectivity index is 0. The van der Waals surface area contributed by atoms with Crippen molar-refractivity contribution in [1.82, 2.24) is 0 Å². The van der Waals surface area contributed by atoms with Crippen LogP contribution in [-0.4, -0.2) is 30.5 Å². The Labute approximate surface area is 47.5 Å². The Morgan fingerprint density at radius 2 is 2.00 bits per heavy atom.